The van der Waals surface area contributed by atoms with Gasteiger partial charge in [-0.3, -0.25) is 13.9 Å². The number of sulfonamides is 1. The zero-order valence-electron chi connectivity index (χ0n) is 21.2. The van der Waals surface area contributed by atoms with Gasteiger partial charge < -0.3 is 10.2 Å². The molecule has 7 nitrogen and oxygen atoms in total. The lowest BCUT2D eigenvalue weighted by molar-refractivity contribution is -0.140. The van der Waals surface area contributed by atoms with Crippen molar-refractivity contribution in [2.75, 3.05) is 17.1 Å². The maximum absolute atomic E-state index is 13.5. The number of carbonyl (C=O) groups is 2. The van der Waals surface area contributed by atoms with Crippen LogP contribution >= 0.6 is 0 Å². The summed E-state index contributed by atoms with van der Waals surface area (Å²) < 4.78 is 65.4. The Balaban J connectivity index is 2.46. The van der Waals surface area contributed by atoms with Gasteiger partial charge in [-0.2, -0.15) is 13.2 Å². The fourth-order valence-corrected chi connectivity index (χ4v) is 4.36. The first kappa shape index (κ1) is 29.2. The number of hydrogen-bond acceptors (Lipinski definition) is 4. The summed E-state index contributed by atoms with van der Waals surface area (Å²) in [7, 11) is -4.15. The normalized spacial score (nSPS) is 13.1. The molecule has 0 aromatic heterocycles. The molecule has 0 aliphatic carbocycles. The lowest BCUT2D eigenvalue weighted by Crippen LogP contribution is -2.54. The van der Waals surface area contributed by atoms with Crippen LogP contribution in [-0.2, 0) is 32.3 Å². The van der Waals surface area contributed by atoms with Crippen LogP contribution in [-0.4, -0.2) is 49.5 Å². The molecule has 2 aromatic carbocycles. The SMILES string of the molecule is Cc1cccc(CN(C(=O)CN(c2cccc(C(F)(F)F)c2)S(C)(=O)=O)C(C)C(=O)NC(C)(C)C)c1. The van der Waals surface area contributed by atoms with Gasteiger partial charge in [0, 0.05) is 12.1 Å². The smallest absolute Gasteiger partial charge is 0.350 e. The number of nitrogens with zero attached hydrogens (tertiary/aromatic N) is 2. The van der Waals surface area contributed by atoms with Crippen molar-refractivity contribution in [2.24, 2.45) is 0 Å². The van der Waals surface area contributed by atoms with E-state index in [0.29, 0.717) is 15.9 Å². The van der Waals surface area contributed by atoms with Crippen LogP contribution in [0.5, 0.6) is 0 Å². The topological polar surface area (TPSA) is 86.8 Å². The van der Waals surface area contributed by atoms with Crippen molar-refractivity contribution in [1.29, 1.82) is 0 Å². The van der Waals surface area contributed by atoms with Crippen molar-refractivity contribution in [3.05, 3.63) is 65.2 Å². The van der Waals surface area contributed by atoms with Gasteiger partial charge in [-0.15, -0.1) is 0 Å². The van der Waals surface area contributed by atoms with Crippen LogP contribution in [0.2, 0.25) is 0 Å². The quantitative estimate of drug-likeness (QED) is 0.560. The molecule has 0 saturated carbocycles. The van der Waals surface area contributed by atoms with Gasteiger partial charge in [-0.1, -0.05) is 35.9 Å². The van der Waals surface area contributed by atoms with Crippen molar-refractivity contribution in [1.82, 2.24) is 10.2 Å². The predicted octanol–water partition coefficient (Wildman–Crippen LogP) is 4.11. The van der Waals surface area contributed by atoms with Crippen LogP contribution in [0.1, 0.15) is 44.4 Å². The van der Waals surface area contributed by atoms with Crippen molar-refractivity contribution in [3.8, 4) is 0 Å². The highest BCUT2D eigenvalue weighted by atomic mass is 32.2. The highest BCUT2D eigenvalue weighted by molar-refractivity contribution is 7.92. The molecule has 2 aromatic rings. The highest BCUT2D eigenvalue weighted by Gasteiger charge is 2.34. The van der Waals surface area contributed by atoms with Crippen molar-refractivity contribution < 1.29 is 31.2 Å². The fourth-order valence-electron chi connectivity index (χ4n) is 3.51. The average molecular weight is 528 g/mol. The summed E-state index contributed by atoms with van der Waals surface area (Å²) in [6.07, 6.45) is -3.89. The number of rotatable bonds is 8. The second-order valence-corrected chi connectivity index (χ2v) is 11.7. The second kappa shape index (κ2) is 10.9. The number of nitrogens with one attached hydrogen (secondary N) is 1. The molecule has 0 aliphatic heterocycles. The molecular weight excluding hydrogens is 495 g/mol. The summed E-state index contributed by atoms with van der Waals surface area (Å²) in [6.45, 7) is 7.95. The minimum absolute atomic E-state index is 0.000560. The van der Waals surface area contributed by atoms with Gasteiger partial charge in [-0.05, 0) is 58.4 Å². The summed E-state index contributed by atoms with van der Waals surface area (Å²) in [4.78, 5) is 27.6. The summed E-state index contributed by atoms with van der Waals surface area (Å²) in [5.74, 6) is -1.19. The molecule has 198 valence electrons. The molecule has 1 atom stereocenters. The number of anilines is 1. The average Bonchev–Trinajstić information content (AvgIpc) is 2.72. The van der Waals surface area contributed by atoms with E-state index < -0.39 is 51.7 Å². The molecule has 1 N–H and O–H groups in total. The third-order valence-electron chi connectivity index (χ3n) is 5.24. The molecule has 2 rings (SSSR count). The Hall–Kier alpha value is -3.08. The van der Waals surface area contributed by atoms with E-state index in [4.69, 9.17) is 0 Å². The molecule has 0 radical (unpaired) electrons. The van der Waals surface area contributed by atoms with E-state index in [-0.39, 0.29) is 12.2 Å². The molecule has 11 heteroatoms. The minimum atomic E-state index is -4.69. The van der Waals surface area contributed by atoms with E-state index in [0.717, 1.165) is 24.0 Å². The van der Waals surface area contributed by atoms with Gasteiger partial charge in [0.25, 0.3) is 0 Å². The minimum Gasteiger partial charge on any atom is -0.350 e. The summed E-state index contributed by atoms with van der Waals surface area (Å²) in [5.41, 5.74) is -0.295. The van der Waals surface area contributed by atoms with Crippen LogP contribution in [0.3, 0.4) is 0 Å². The molecule has 1 unspecified atom stereocenters. The Morgan fingerprint density at radius 3 is 2.17 bits per heavy atom. The molecule has 0 aliphatic rings. The van der Waals surface area contributed by atoms with Gasteiger partial charge in [0.1, 0.15) is 12.6 Å². The third kappa shape index (κ3) is 8.25. The summed E-state index contributed by atoms with van der Waals surface area (Å²) in [6, 6.07) is 10.0. The molecule has 0 bridgehead atoms. The van der Waals surface area contributed by atoms with E-state index >= 15 is 0 Å². The first-order valence-electron chi connectivity index (χ1n) is 11.2. The van der Waals surface area contributed by atoms with E-state index in [1.165, 1.54) is 17.9 Å². The Kier molecular flexibility index (Phi) is 8.82. The Morgan fingerprint density at radius 1 is 1.03 bits per heavy atom. The monoisotopic (exact) mass is 527 g/mol. The standard InChI is InChI=1S/C25H32F3N3O4S/c1-17-9-7-10-19(13-17)15-30(18(2)23(33)29-24(3,4)5)22(32)16-31(36(6,34)35)21-12-8-11-20(14-21)25(26,27)28/h7-14,18H,15-16H2,1-6H3,(H,29,33). The van der Waals surface area contributed by atoms with E-state index in [2.05, 4.69) is 5.32 Å². The number of amides is 2. The van der Waals surface area contributed by atoms with Gasteiger partial charge in [-0.25, -0.2) is 8.42 Å². The predicted molar refractivity (Wildman–Crippen MR) is 133 cm³/mol. The zero-order valence-corrected chi connectivity index (χ0v) is 22.0. The lowest BCUT2D eigenvalue weighted by Gasteiger charge is -2.33. The molecule has 0 saturated heterocycles. The van der Waals surface area contributed by atoms with E-state index in [1.807, 2.05) is 19.1 Å². The molecule has 0 spiro atoms. The maximum Gasteiger partial charge on any atom is 0.416 e. The molecule has 2 amide bonds. The van der Waals surface area contributed by atoms with Gasteiger partial charge in [0.05, 0.1) is 17.5 Å². The van der Waals surface area contributed by atoms with Crippen LogP contribution in [0.15, 0.2) is 48.5 Å². The van der Waals surface area contributed by atoms with E-state index in [9.17, 15) is 31.2 Å². The number of carbonyl (C=O) groups excluding carboxylic acids is 2. The van der Waals surface area contributed by atoms with Crippen molar-refractivity contribution in [3.63, 3.8) is 0 Å². The van der Waals surface area contributed by atoms with Crippen LogP contribution in [0.4, 0.5) is 18.9 Å². The number of alkyl halides is 3. The molecular formula is C25H32F3N3O4S. The second-order valence-electron chi connectivity index (χ2n) is 9.74. The Labute approximate surface area is 210 Å². The molecule has 0 heterocycles. The van der Waals surface area contributed by atoms with Crippen LogP contribution < -0.4 is 9.62 Å². The first-order chi connectivity index (χ1) is 16.4. The van der Waals surface area contributed by atoms with Crippen LogP contribution in [0, 0.1) is 6.92 Å². The lowest BCUT2D eigenvalue weighted by atomic mass is 10.1. The zero-order chi connectivity index (χ0) is 27.5. The Bertz CT molecular complexity index is 1210. The third-order valence-corrected chi connectivity index (χ3v) is 6.38. The van der Waals surface area contributed by atoms with Gasteiger partial charge >= 0.3 is 6.18 Å². The van der Waals surface area contributed by atoms with Gasteiger partial charge in [0.2, 0.25) is 21.8 Å². The number of aryl methyl sites for hydroxylation is 1. The fraction of sp³-hybridized carbons (Fsp3) is 0.440. The largest absolute Gasteiger partial charge is 0.416 e. The number of halogens is 3. The van der Waals surface area contributed by atoms with Crippen molar-refractivity contribution >= 4 is 27.5 Å². The summed E-state index contributed by atoms with van der Waals surface area (Å²) >= 11 is 0. The highest BCUT2D eigenvalue weighted by Crippen LogP contribution is 2.32. The number of hydrogen-bond donors (Lipinski definition) is 1. The van der Waals surface area contributed by atoms with Crippen LogP contribution in [0.25, 0.3) is 0 Å². The summed E-state index contributed by atoms with van der Waals surface area (Å²) in [5, 5.41) is 2.80. The number of benzene rings is 2. The molecule has 36 heavy (non-hydrogen) atoms. The molecule has 0 fully saturated rings. The first-order valence-corrected chi connectivity index (χ1v) is 13.1. The maximum atomic E-state index is 13.5. The van der Waals surface area contributed by atoms with E-state index in [1.54, 1.807) is 32.9 Å². The Morgan fingerprint density at radius 2 is 1.64 bits per heavy atom. The van der Waals surface area contributed by atoms with Gasteiger partial charge in [0.15, 0.2) is 0 Å². The van der Waals surface area contributed by atoms with Crippen molar-refractivity contribution in [2.45, 2.75) is 58.9 Å².